The Bertz CT molecular complexity index is 731. The lowest BCUT2D eigenvalue weighted by Gasteiger charge is -2.07. The van der Waals surface area contributed by atoms with Crippen LogP contribution in [-0.2, 0) is 5.33 Å². The molecule has 2 nitrogen and oxygen atoms in total. The fourth-order valence-corrected chi connectivity index (χ4v) is 2.72. The van der Waals surface area contributed by atoms with Crippen molar-refractivity contribution in [1.82, 2.24) is 4.57 Å². The van der Waals surface area contributed by atoms with Crippen LogP contribution in [0.1, 0.15) is 15.9 Å². The second-order valence-corrected chi connectivity index (χ2v) is 4.91. The number of hydrogen-bond acceptors (Lipinski definition) is 1. The minimum atomic E-state index is 0.00370. The summed E-state index contributed by atoms with van der Waals surface area (Å²) in [6.07, 6.45) is 1.84. The van der Waals surface area contributed by atoms with Gasteiger partial charge in [0.1, 0.15) is 0 Å². The smallest absolute Gasteiger partial charge is 0.262 e. The Morgan fingerprint density at radius 1 is 1.00 bits per heavy atom. The number of aromatic nitrogens is 1. The van der Waals surface area contributed by atoms with Crippen LogP contribution in [0.25, 0.3) is 10.9 Å². The van der Waals surface area contributed by atoms with Gasteiger partial charge in [-0.25, -0.2) is 0 Å². The Balaban J connectivity index is 2.18. The van der Waals surface area contributed by atoms with Gasteiger partial charge in [-0.1, -0.05) is 52.3 Å². The van der Waals surface area contributed by atoms with Crippen molar-refractivity contribution in [3.05, 3.63) is 71.9 Å². The number of hydrogen-bond donors (Lipinski definition) is 0. The fraction of sp³-hybridized carbons (Fsp3) is 0.0625. The molecule has 2 aromatic carbocycles. The summed E-state index contributed by atoms with van der Waals surface area (Å²) < 4.78 is 1.72. The van der Waals surface area contributed by atoms with Crippen molar-refractivity contribution in [2.24, 2.45) is 0 Å². The average molecular weight is 314 g/mol. The summed E-state index contributed by atoms with van der Waals surface area (Å²) in [6, 6.07) is 17.4. The van der Waals surface area contributed by atoms with Crippen LogP contribution >= 0.6 is 15.9 Å². The van der Waals surface area contributed by atoms with Gasteiger partial charge in [-0.3, -0.25) is 9.36 Å². The van der Waals surface area contributed by atoms with E-state index < -0.39 is 0 Å². The van der Waals surface area contributed by atoms with Crippen LogP contribution in [0.5, 0.6) is 0 Å². The molecule has 3 rings (SSSR count). The minimum absolute atomic E-state index is 0.00370. The first-order chi connectivity index (χ1) is 9.31. The highest BCUT2D eigenvalue weighted by Crippen LogP contribution is 2.23. The fourth-order valence-electron chi connectivity index (χ4n) is 2.27. The van der Waals surface area contributed by atoms with E-state index in [9.17, 15) is 4.79 Å². The molecule has 0 aliphatic heterocycles. The number of carbonyl (C=O) groups is 1. The molecule has 0 saturated heterocycles. The molecular weight excluding hydrogens is 302 g/mol. The summed E-state index contributed by atoms with van der Waals surface area (Å²) in [7, 11) is 0. The molecule has 19 heavy (non-hydrogen) atoms. The number of benzene rings is 2. The highest BCUT2D eigenvalue weighted by Gasteiger charge is 2.13. The number of nitrogens with zero attached hydrogens (tertiary/aromatic N) is 1. The first-order valence-electron chi connectivity index (χ1n) is 6.06. The topological polar surface area (TPSA) is 22.0 Å². The SMILES string of the molecule is O=C(c1ccccc1)n1ccc2cccc(CBr)c21. The maximum Gasteiger partial charge on any atom is 0.262 e. The summed E-state index contributed by atoms with van der Waals surface area (Å²) in [5.74, 6) is 0.00370. The maximum absolute atomic E-state index is 12.5. The van der Waals surface area contributed by atoms with Crippen molar-refractivity contribution in [3.8, 4) is 0 Å². The first-order valence-corrected chi connectivity index (χ1v) is 7.18. The molecule has 3 heteroatoms. The van der Waals surface area contributed by atoms with Crippen molar-refractivity contribution in [2.75, 3.05) is 0 Å². The zero-order valence-corrected chi connectivity index (χ0v) is 11.8. The Morgan fingerprint density at radius 3 is 2.53 bits per heavy atom. The maximum atomic E-state index is 12.5. The third-order valence-electron chi connectivity index (χ3n) is 3.18. The van der Waals surface area contributed by atoms with Crippen LogP contribution in [0.2, 0.25) is 0 Å². The van der Waals surface area contributed by atoms with Gasteiger partial charge in [-0.05, 0) is 23.8 Å². The van der Waals surface area contributed by atoms with Crippen LogP contribution in [0.15, 0.2) is 60.8 Å². The van der Waals surface area contributed by atoms with Gasteiger partial charge in [-0.2, -0.15) is 0 Å². The molecule has 0 aliphatic rings. The molecule has 1 aromatic heterocycles. The molecule has 1 heterocycles. The predicted octanol–water partition coefficient (Wildman–Crippen LogP) is 4.22. The molecule has 0 N–H and O–H groups in total. The molecule has 94 valence electrons. The van der Waals surface area contributed by atoms with Gasteiger partial charge in [0.25, 0.3) is 5.91 Å². The molecule has 0 amide bonds. The van der Waals surface area contributed by atoms with Gasteiger partial charge < -0.3 is 0 Å². The van der Waals surface area contributed by atoms with Crippen LogP contribution in [-0.4, -0.2) is 10.5 Å². The molecule has 0 fully saturated rings. The largest absolute Gasteiger partial charge is 0.283 e. The van der Waals surface area contributed by atoms with Gasteiger partial charge >= 0.3 is 0 Å². The summed E-state index contributed by atoms with van der Waals surface area (Å²) in [6.45, 7) is 0. The summed E-state index contributed by atoms with van der Waals surface area (Å²) in [5.41, 5.74) is 2.80. The Kier molecular flexibility index (Phi) is 3.22. The van der Waals surface area contributed by atoms with Crippen molar-refractivity contribution in [1.29, 1.82) is 0 Å². The van der Waals surface area contributed by atoms with Gasteiger partial charge in [0.05, 0.1) is 5.52 Å². The minimum Gasteiger partial charge on any atom is -0.283 e. The van der Waals surface area contributed by atoms with E-state index in [1.54, 1.807) is 4.57 Å². The van der Waals surface area contributed by atoms with E-state index in [0.29, 0.717) is 5.56 Å². The lowest BCUT2D eigenvalue weighted by Crippen LogP contribution is -2.11. The average Bonchev–Trinajstić information content (AvgIpc) is 2.91. The summed E-state index contributed by atoms with van der Waals surface area (Å²) in [5, 5.41) is 1.82. The highest BCUT2D eigenvalue weighted by atomic mass is 79.9. The quantitative estimate of drug-likeness (QED) is 0.649. The molecule has 0 radical (unpaired) electrons. The number of para-hydroxylation sites is 1. The molecule has 0 atom stereocenters. The molecule has 0 saturated carbocycles. The lowest BCUT2D eigenvalue weighted by molar-refractivity contribution is 0.0965. The van der Waals surface area contributed by atoms with Crippen LogP contribution in [0.4, 0.5) is 0 Å². The Morgan fingerprint density at radius 2 is 1.79 bits per heavy atom. The van der Waals surface area contributed by atoms with Gasteiger partial charge in [0, 0.05) is 22.5 Å². The van der Waals surface area contributed by atoms with Crippen LogP contribution in [0.3, 0.4) is 0 Å². The van der Waals surface area contributed by atoms with Crippen LogP contribution < -0.4 is 0 Å². The van der Waals surface area contributed by atoms with Crippen molar-refractivity contribution in [2.45, 2.75) is 5.33 Å². The second kappa shape index (κ2) is 5.02. The first kappa shape index (κ1) is 12.2. The lowest BCUT2D eigenvalue weighted by atomic mass is 10.1. The predicted molar refractivity (Wildman–Crippen MR) is 80.7 cm³/mol. The standard InChI is InChI=1S/C16H12BrNO/c17-11-14-8-4-7-12-9-10-18(15(12)14)16(19)13-5-2-1-3-6-13/h1-10H,11H2. The van der Waals surface area contributed by atoms with E-state index in [0.717, 1.165) is 21.8 Å². The van der Waals surface area contributed by atoms with Crippen molar-refractivity contribution in [3.63, 3.8) is 0 Å². The summed E-state index contributed by atoms with van der Waals surface area (Å²) >= 11 is 3.48. The van der Waals surface area contributed by atoms with Crippen molar-refractivity contribution >= 4 is 32.7 Å². The normalized spacial score (nSPS) is 10.8. The zero-order valence-electron chi connectivity index (χ0n) is 10.2. The van der Waals surface area contributed by atoms with E-state index in [-0.39, 0.29) is 5.91 Å². The van der Waals surface area contributed by atoms with Crippen molar-refractivity contribution < 1.29 is 4.79 Å². The molecule has 3 aromatic rings. The highest BCUT2D eigenvalue weighted by molar-refractivity contribution is 9.08. The number of halogens is 1. The molecular formula is C16H12BrNO. The molecule has 0 aliphatic carbocycles. The monoisotopic (exact) mass is 313 g/mol. The van der Waals surface area contributed by atoms with E-state index in [4.69, 9.17) is 0 Å². The van der Waals surface area contributed by atoms with E-state index in [2.05, 4.69) is 15.9 Å². The number of rotatable bonds is 2. The number of fused-ring (bicyclic) bond motifs is 1. The van der Waals surface area contributed by atoms with Crippen LogP contribution in [0, 0.1) is 0 Å². The second-order valence-electron chi connectivity index (χ2n) is 4.35. The molecule has 0 spiro atoms. The Labute approximate surface area is 119 Å². The van der Waals surface area contributed by atoms with E-state index >= 15 is 0 Å². The summed E-state index contributed by atoms with van der Waals surface area (Å²) in [4.78, 5) is 12.5. The van der Waals surface area contributed by atoms with Gasteiger partial charge in [0.2, 0.25) is 0 Å². The van der Waals surface area contributed by atoms with E-state index in [1.165, 1.54) is 0 Å². The third kappa shape index (κ3) is 2.10. The number of carbonyl (C=O) groups excluding carboxylic acids is 1. The zero-order chi connectivity index (χ0) is 13.2. The van der Waals surface area contributed by atoms with Gasteiger partial charge in [-0.15, -0.1) is 0 Å². The molecule has 0 unspecified atom stereocenters. The Hall–Kier alpha value is -1.87. The number of alkyl halides is 1. The van der Waals surface area contributed by atoms with E-state index in [1.807, 2.05) is 60.8 Å². The molecule has 0 bridgehead atoms. The van der Waals surface area contributed by atoms with Gasteiger partial charge in [0.15, 0.2) is 0 Å². The third-order valence-corrected chi connectivity index (χ3v) is 3.78.